The van der Waals surface area contributed by atoms with Gasteiger partial charge in [0.05, 0.1) is 28.6 Å². The van der Waals surface area contributed by atoms with Crippen LogP contribution in [0.25, 0.3) is 0 Å². The molecule has 1 aliphatic rings. The second-order valence-corrected chi connectivity index (χ2v) is 5.35. The molecule has 6 nitrogen and oxygen atoms in total. The maximum Gasteiger partial charge on any atom is 0.169 e. The Kier molecular flexibility index (Phi) is 2.97. The number of aromatic nitrogens is 5. The standard InChI is InChI=1S/C12H17ClN6/c1-3-8-10(13)9(18(2)16-8)6-19-11(7-4-5-7)12(14)15-17-19/h7H,3-6,14H2,1-2H3. The van der Waals surface area contributed by atoms with Crippen molar-refractivity contribution in [2.75, 3.05) is 5.73 Å². The molecule has 0 bridgehead atoms. The average Bonchev–Trinajstić information content (AvgIpc) is 3.10. The van der Waals surface area contributed by atoms with Crippen LogP contribution in [0.3, 0.4) is 0 Å². The maximum atomic E-state index is 6.36. The fourth-order valence-corrected chi connectivity index (χ4v) is 2.71. The van der Waals surface area contributed by atoms with Crippen molar-refractivity contribution in [2.45, 2.75) is 38.6 Å². The largest absolute Gasteiger partial charge is 0.381 e. The Labute approximate surface area is 116 Å². The fourth-order valence-electron chi connectivity index (χ4n) is 2.36. The summed E-state index contributed by atoms with van der Waals surface area (Å²) in [6.45, 7) is 2.61. The molecule has 0 aliphatic heterocycles. The summed E-state index contributed by atoms with van der Waals surface area (Å²) in [5.74, 6) is 1.05. The average molecular weight is 281 g/mol. The van der Waals surface area contributed by atoms with E-state index >= 15 is 0 Å². The van der Waals surface area contributed by atoms with E-state index in [2.05, 4.69) is 15.4 Å². The van der Waals surface area contributed by atoms with Gasteiger partial charge in [-0.2, -0.15) is 5.10 Å². The zero-order chi connectivity index (χ0) is 13.6. The number of halogens is 1. The Morgan fingerprint density at radius 2 is 2.16 bits per heavy atom. The highest BCUT2D eigenvalue weighted by atomic mass is 35.5. The normalized spacial score (nSPS) is 15.1. The van der Waals surface area contributed by atoms with Crippen LogP contribution in [0.15, 0.2) is 0 Å². The van der Waals surface area contributed by atoms with Crippen LogP contribution < -0.4 is 5.73 Å². The predicted molar refractivity (Wildman–Crippen MR) is 73.1 cm³/mol. The molecular weight excluding hydrogens is 264 g/mol. The molecule has 0 spiro atoms. The highest BCUT2D eigenvalue weighted by molar-refractivity contribution is 6.31. The van der Waals surface area contributed by atoms with Gasteiger partial charge in [-0.15, -0.1) is 5.10 Å². The SMILES string of the molecule is CCc1nn(C)c(Cn2nnc(N)c2C2CC2)c1Cl. The lowest BCUT2D eigenvalue weighted by atomic mass is 10.2. The molecule has 1 aliphatic carbocycles. The minimum Gasteiger partial charge on any atom is -0.381 e. The van der Waals surface area contributed by atoms with Crippen LogP contribution >= 0.6 is 11.6 Å². The van der Waals surface area contributed by atoms with E-state index < -0.39 is 0 Å². The van der Waals surface area contributed by atoms with Crippen molar-refractivity contribution in [3.63, 3.8) is 0 Å². The molecule has 0 aromatic carbocycles. The van der Waals surface area contributed by atoms with E-state index in [9.17, 15) is 0 Å². The van der Waals surface area contributed by atoms with Gasteiger partial charge in [0.2, 0.25) is 0 Å². The van der Waals surface area contributed by atoms with Gasteiger partial charge >= 0.3 is 0 Å². The second kappa shape index (κ2) is 4.52. The van der Waals surface area contributed by atoms with Gasteiger partial charge in [0.25, 0.3) is 0 Å². The summed E-state index contributed by atoms with van der Waals surface area (Å²) in [5.41, 5.74) is 8.80. The predicted octanol–water partition coefficient (Wildman–Crippen LogP) is 1.74. The van der Waals surface area contributed by atoms with Gasteiger partial charge in [-0.1, -0.05) is 23.7 Å². The third kappa shape index (κ3) is 2.10. The van der Waals surface area contributed by atoms with Crippen molar-refractivity contribution in [2.24, 2.45) is 7.05 Å². The van der Waals surface area contributed by atoms with E-state index in [-0.39, 0.29) is 0 Å². The zero-order valence-electron chi connectivity index (χ0n) is 11.1. The van der Waals surface area contributed by atoms with Crippen LogP contribution in [0.4, 0.5) is 5.82 Å². The summed E-state index contributed by atoms with van der Waals surface area (Å²) >= 11 is 6.36. The highest BCUT2D eigenvalue weighted by Crippen LogP contribution is 2.42. The summed E-state index contributed by atoms with van der Waals surface area (Å²) in [5, 5.41) is 13.2. The van der Waals surface area contributed by atoms with E-state index in [1.807, 2.05) is 23.3 Å². The quantitative estimate of drug-likeness (QED) is 0.926. The molecule has 0 amide bonds. The lowest BCUT2D eigenvalue weighted by molar-refractivity contribution is 0.579. The maximum absolute atomic E-state index is 6.36. The Morgan fingerprint density at radius 1 is 1.42 bits per heavy atom. The van der Waals surface area contributed by atoms with Crippen molar-refractivity contribution in [1.82, 2.24) is 24.8 Å². The number of nitrogens with zero attached hydrogens (tertiary/aromatic N) is 5. The van der Waals surface area contributed by atoms with Gasteiger partial charge in [0.15, 0.2) is 5.82 Å². The molecule has 3 rings (SSSR count). The Bertz CT molecular complexity index is 610. The smallest absolute Gasteiger partial charge is 0.169 e. The first-order valence-electron chi connectivity index (χ1n) is 6.50. The molecule has 19 heavy (non-hydrogen) atoms. The molecule has 102 valence electrons. The van der Waals surface area contributed by atoms with E-state index in [1.54, 1.807) is 0 Å². The third-order valence-electron chi connectivity index (χ3n) is 3.57. The molecule has 2 aromatic heterocycles. The Hall–Kier alpha value is -1.56. The molecule has 2 N–H and O–H groups in total. The number of nitrogen functional groups attached to an aromatic ring is 1. The Morgan fingerprint density at radius 3 is 2.74 bits per heavy atom. The summed E-state index contributed by atoms with van der Waals surface area (Å²) < 4.78 is 3.67. The molecule has 1 saturated carbocycles. The topological polar surface area (TPSA) is 74.5 Å². The van der Waals surface area contributed by atoms with Gasteiger partial charge in [-0.25, -0.2) is 4.68 Å². The summed E-state index contributed by atoms with van der Waals surface area (Å²) in [6, 6.07) is 0. The van der Waals surface area contributed by atoms with Gasteiger partial charge in [0, 0.05) is 13.0 Å². The van der Waals surface area contributed by atoms with Crippen molar-refractivity contribution in [1.29, 1.82) is 0 Å². The van der Waals surface area contributed by atoms with Gasteiger partial charge < -0.3 is 5.73 Å². The fraction of sp³-hybridized carbons (Fsp3) is 0.583. The van der Waals surface area contributed by atoms with E-state index in [0.717, 1.165) is 41.4 Å². The van der Waals surface area contributed by atoms with Crippen molar-refractivity contribution in [3.8, 4) is 0 Å². The second-order valence-electron chi connectivity index (χ2n) is 4.98. The van der Waals surface area contributed by atoms with Gasteiger partial charge in [-0.05, 0) is 19.3 Å². The third-order valence-corrected chi connectivity index (χ3v) is 4.00. The molecule has 0 saturated heterocycles. The molecule has 7 heteroatoms. The summed E-state index contributed by atoms with van der Waals surface area (Å²) in [7, 11) is 1.90. The molecule has 2 aromatic rings. The lowest BCUT2D eigenvalue weighted by Crippen LogP contribution is -2.10. The first-order chi connectivity index (χ1) is 9.11. The van der Waals surface area contributed by atoms with E-state index in [0.29, 0.717) is 18.3 Å². The van der Waals surface area contributed by atoms with Crippen molar-refractivity contribution < 1.29 is 0 Å². The number of nitrogens with two attached hydrogens (primary N) is 1. The lowest BCUT2D eigenvalue weighted by Gasteiger charge is -2.06. The number of rotatable bonds is 4. The van der Waals surface area contributed by atoms with Crippen LogP contribution in [-0.2, 0) is 20.0 Å². The summed E-state index contributed by atoms with van der Waals surface area (Å²) in [4.78, 5) is 0. The first kappa shape index (κ1) is 12.5. The summed E-state index contributed by atoms with van der Waals surface area (Å²) in [6.07, 6.45) is 3.15. The monoisotopic (exact) mass is 280 g/mol. The number of hydrogen-bond acceptors (Lipinski definition) is 4. The van der Waals surface area contributed by atoms with Gasteiger partial charge in [0.1, 0.15) is 0 Å². The molecule has 0 atom stereocenters. The van der Waals surface area contributed by atoms with Crippen LogP contribution in [0, 0.1) is 0 Å². The molecular formula is C12H17ClN6. The zero-order valence-corrected chi connectivity index (χ0v) is 11.9. The van der Waals surface area contributed by atoms with Crippen LogP contribution in [0.2, 0.25) is 5.02 Å². The van der Waals surface area contributed by atoms with E-state index in [1.165, 1.54) is 0 Å². The number of hydrogen-bond donors (Lipinski definition) is 1. The first-order valence-corrected chi connectivity index (χ1v) is 6.88. The van der Waals surface area contributed by atoms with Crippen molar-refractivity contribution >= 4 is 17.4 Å². The molecule has 2 heterocycles. The van der Waals surface area contributed by atoms with Crippen molar-refractivity contribution in [3.05, 3.63) is 22.1 Å². The van der Waals surface area contributed by atoms with Crippen LogP contribution in [0.5, 0.6) is 0 Å². The Balaban J connectivity index is 1.95. The highest BCUT2D eigenvalue weighted by Gasteiger charge is 2.31. The molecule has 1 fully saturated rings. The minimum absolute atomic E-state index is 0.507. The minimum atomic E-state index is 0.507. The molecule has 0 radical (unpaired) electrons. The molecule has 0 unspecified atom stereocenters. The van der Waals surface area contributed by atoms with Gasteiger partial charge in [-0.3, -0.25) is 4.68 Å². The van der Waals surface area contributed by atoms with Crippen LogP contribution in [0.1, 0.15) is 42.8 Å². The van der Waals surface area contributed by atoms with Crippen LogP contribution in [-0.4, -0.2) is 24.8 Å². The van der Waals surface area contributed by atoms with E-state index in [4.69, 9.17) is 17.3 Å². The number of aryl methyl sites for hydroxylation is 2. The number of anilines is 1.